The van der Waals surface area contributed by atoms with Gasteiger partial charge in [0.05, 0.1) is 12.1 Å². The highest BCUT2D eigenvalue weighted by Gasteiger charge is 2.37. The lowest BCUT2D eigenvalue weighted by molar-refractivity contribution is -0.137. The average molecular weight is 316 g/mol. The maximum atomic E-state index is 12.7. The minimum absolute atomic E-state index is 0.0113. The average Bonchev–Trinajstić information content (AvgIpc) is 2.94. The fourth-order valence-corrected chi connectivity index (χ4v) is 3.77. The molecule has 0 spiro atoms. The van der Waals surface area contributed by atoms with E-state index < -0.39 is 0 Å². The first kappa shape index (κ1) is 13.8. The zero-order chi connectivity index (χ0) is 15.1. The van der Waals surface area contributed by atoms with Crippen molar-refractivity contribution in [3.8, 4) is 0 Å². The van der Waals surface area contributed by atoms with Gasteiger partial charge in [0.1, 0.15) is 0 Å². The predicted molar refractivity (Wildman–Crippen MR) is 85.0 cm³/mol. The van der Waals surface area contributed by atoms with Crippen LogP contribution in [0.4, 0.5) is 0 Å². The standard InChI is InChI=1S/C17H18ClN3O/c18-13-4-1-3-11(7-13)12-9-21(10-12)17(22)14-5-2-6-16-15(14)8-19-20-16/h1,3-4,7-8,12,14H,2,5-6,9-10H2,(H,19,20). The summed E-state index contributed by atoms with van der Waals surface area (Å²) in [5.74, 6) is 0.651. The molecular weight excluding hydrogens is 298 g/mol. The summed E-state index contributed by atoms with van der Waals surface area (Å²) in [4.78, 5) is 14.7. The molecule has 1 aliphatic carbocycles. The number of aromatic amines is 1. The first-order chi connectivity index (χ1) is 10.7. The van der Waals surface area contributed by atoms with Crippen LogP contribution in [0.2, 0.25) is 5.02 Å². The fraction of sp³-hybridized carbons (Fsp3) is 0.412. The number of amides is 1. The fourth-order valence-electron chi connectivity index (χ4n) is 3.57. The van der Waals surface area contributed by atoms with E-state index in [0.29, 0.717) is 5.92 Å². The van der Waals surface area contributed by atoms with Crippen LogP contribution >= 0.6 is 11.6 Å². The van der Waals surface area contributed by atoms with Crippen LogP contribution in [0.15, 0.2) is 30.5 Å². The summed E-state index contributed by atoms with van der Waals surface area (Å²) in [5, 5.41) is 7.89. The number of nitrogens with one attached hydrogen (secondary N) is 1. The highest BCUT2D eigenvalue weighted by atomic mass is 35.5. The SMILES string of the molecule is O=C(C1CCCc2[nH]ncc21)N1CC(c2cccc(Cl)c2)C1. The van der Waals surface area contributed by atoms with E-state index in [4.69, 9.17) is 11.6 Å². The second-order valence-corrected chi connectivity index (χ2v) is 6.68. The summed E-state index contributed by atoms with van der Waals surface area (Å²) in [6, 6.07) is 7.95. The maximum Gasteiger partial charge on any atom is 0.230 e. The first-order valence-electron chi connectivity index (χ1n) is 7.79. The van der Waals surface area contributed by atoms with Crippen molar-refractivity contribution < 1.29 is 4.79 Å². The predicted octanol–water partition coefficient (Wildman–Crippen LogP) is 3.11. The van der Waals surface area contributed by atoms with Gasteiger partial charge in [-0.3, -0.25) is 9.89 Å². The van der Waals surface area contributed by atoms with Gasteiger partial charge in [-0.2, -0.15) is 5.10 Å². The normalized spacial score (nSPS) is 21.3. The van der Waals surface area contributed by atoms with Gasteiger partial charge >= 0.3 is 0 Å². The quantitative estimate of drug-likeness (QED) is 0.925. The topological polar surface area (TPSA) is 49.0 Å². The number of hydrogen-bond acceptors (Lipinski definition) is 2. The molecule has 1 unspecified atom stereocenters. The summed E-state index contributed by atoms with van der Waals surface area (Å²) >= 11 is 6.04. The molecule has 2 heterocycles. The van der Waals surface area contributed by atoms with Gasteiger partial charge in [0, 0.05) is 35.3 Å². The molecule has 0 saturated carbocycles. The molecule has 1 aliphatic heterocycles. The Morgan fingerprint density at radius 3 is 3.05 bits per heavy atom. The van der Waals surface area contributed by atoms with E-state index in [9.17, 15) is 4.79 Å². The van der Waals surface area contributed by atoms with Crippen molar-refractivity contribution in [2.75, 3.05) is 13.1 Å². The molecule has 4 rings (SSSR count). The summed E-state index contributed by atoms with van der Waals surface area (Å²) in [6.07, 6.45) is 4.82. The number of carbonyl (C=O) groups is 1. The summed E-state index contributed by atoms with van der Waals surface area (Å²) < 4.78 is 0. The number of aromatic nitrogens is 2. The second-order valence-electron chi connectivity index (χ2n) is 6.24. The molecule has 4 nitrogen and oxygen atoms in total. The number of hydrogen-bond donors (Lipinski definition) is 1. The van der Waals surface area contributed by atoms with E-state index in [1.54, 1.807) is 0 Å². The van der Waals surface area contributed by atoms with Crippen molar-refractivity contribution >= 4 is 17.5 Å². The van der Waals surface area contributed by atoms with Crippen molar-refractivity contribution in [2.45, 2.75) is 31.1 Å². The summed E-state index contributed by atoms with van der Waals surface area (Å²) in [6.45, 7) is 1.59. The Hall–Kier alpha value is -1.81. The van der Waals surface area contributed by atoms with Crippen LogP contribution in [0.5, 0.6) is 0 Å². The minimum Gasteiger partial charge on any atom is -0.341 e. The first-order valence-corrected chi connectivity index (χ1v) is 8.16. The highest BCUT2D eigenvalue weighted by Crippen LogP contribution is 2.36. The largest absolute Gasteiger partial charge is 0.341 e. The van der Waals surface area contributed by atoms with E-state index >= 15 is 0 Å². The Morgan fingerprint density at radius 2 is 2.23 bits per heavy atom. The van der Waals surface area contributed by atoms with Gasteiger partial charge in [0.25, 0.3) is 0 Å². The molecule has 1 amide bonds. The number of nitrogens with zero attached hydrogens (tertiary/aromatic N) is 2. The van der Waals surface area contributed by atoms with Gasteiger partial charge in [-0.05, 0) is 37.0 Å². The molecule has 1 N–H and O–H groups in total. The number of rotatable bonds is 2. The van der Waals surface area contributed by atoms with Crippen molar-refractivity contribution in [3.05, 3.63) is 52.3 Å². The van der Waals surface area contributed by atoms with Crippen molar-refractivity contribution in [2.24, 2.45) is 0 Å². The molecule has 2 aliphatic rings. The Balaban J connectivity index is 1.44. The van der Waals surface area contributed by atoms with Gasteiger partial charge < -0.3 is 4.90 Å². The molecule has 1 aromatic heterocycles. The number of halogens is 1. The zero-order valence-corrected chi connectivity index (χ0v) is 13.0. The number of aryl methyl sites for hydroxylation is 1. The Kier molecular flexibility index (Phi) is 3.41. The molecule has 22 heavy (non-hydrogen) atoms. The zero-order valence-electron chi connectivity index (χ0n) is 12.3. The van der Waals surface area contributed by atoms with Crippen LogP contribution in [0.25, 0.3) is 0 Å². The van der Waals surface area contributed by atoms with Gasteiger partial charge in [-0.1, -0.05) is 23.7 Å². The smallest absolute Gasteiger partial charge is 0.230 e. The molecular formula is C17H18ClN3O. The number of H-pyrrole nitrogens is 1. The van der Waals surface area contributed by atoms with E-state index in [2.05, 4.69) is 16.3 Å². The number of carbonyl (C=O) groups excluding carboxylic acids is 1. The van der Waals surface area contributed by atoms with Crippen LogP contribution in [0.1, 0.15) is 41.5 Å². The summed E-state index contributed by atoms with van der Waals surface area (Å²) in [7, 11) is 0. The summed E-state index contributed by atoms with van der Waals surface area (Å²) in [5.41, 5.74) is 3.46. The Bertz CT molecular complexity index is 705. The number of benzene rings is 1. The Morgan fingerprint density at radius 1 is 1.36 bits per heavy atom. The monoisotopic (exact) mass is 315 g/mol. The van der Waals surface area contributed by atoms with Crippen LogP contribution in [-0.2, 0) is 11.2 Å². The third-order valence-electron chi connectivity index (χ3n) is 4.86. The molecule has 1 fully saturated rings. The van der Waals surface area contributed by atoms with Crippen LogP contribution in [-0.4, -0.2) is 34.1 Å². The minimum atomic E-state index is -0.0113. The van der Waals surface area contributed by atoms with Crippen molar-refractivity contribution in [1.29, 1.82) is 0 Å². The highest BCUT2D eigenvalue weighted by molar-refractivity contribution is 6.30. The Labute approximate surface area is 134 Å². The van der Waals surface area contributed by atoms with Gasteiger partial charge in [0.15, 0.2) is 0 Å². The molecule has 0 radical (unpaired) electrons. The van der Waals surface area contributed by atoms with E-state index in [1.807, 2.05) is 29.3 Å². The third-order valence-corrected chi connectivity index (χ3v) is 5.09. The van der Waals surface area contributed by atoms with E-state index in [1.165, 1.54) is 5.56 Å². The van der Waals surface area contributed by atoms with E-state index in [-0.39, 0.29) is 11.8 Å². The maximum absolute atomic E-state index is 12.7. The number of fused-ring (bicyclic) bond motifs is 1. The lowest BCUT2D eigenvalue weighted by atomic mass is 9.83. The lowest BCUT2D eigenvalue weighted by Gasteiger charge is -2.42. The second kappa shape index (κ2) is 5.43. The van der Waals surface area contributed by atoms with Gasteiger partial charge in [0.2, 0.25) is 5.91 Å². The molecule has 114 valence electrons. The van der Waals surface area contributed by atoms with Crippen molar-refractivity contribution in [1.82, 2.24) is 15.1 Å². The van der Waals surface area contributed by atoms with Crippen LogP contribution in [0, 0.1) is 0 Å². The van der Waals surface area contributed by atoms with Crippen molar-refractivity contribution in [3.63, 3.8) is 0 Å². The van der Waals surface area contributed by atoms with Crippen LogP contribution < -0.4 is 0 Å². The molecule has 1 aromatic carbocycles. The van der Waals surface area contributed by atoms with E-state index in [0.717, 1.165) is 48.6 Å². The molecule has 1 atom stereocenters. The van der Waals surface area contributed by atoms with Crippen LogP contribution in [0.3, 0.4) is 0 Å². The third kappa shape index (κ3) is 2.31. The molecule has 2 aromatic rings. The molecule has 1 saturated heterocycles. The molecule has 5 heteroatoms. The number of likely N-dealkylation sites (tertiary alicyclic amines) is 1. The molecule has 0 bridgehead atoms. The van der Waals surface area contributed by atoms with Gasteiger partial charge in [-0.15, -0.1) is 0 Å². The lowest BCUT2D eigenvalue weighted by Crippen LogP contribution is -2.50. The van der Waals surface area contributed by atoms with Gasteiger partial charge in [-0.25, -0.2) is 0 Å².